The van der Waals surface area contributed by atoms with Crippen LogP contribution in [0.4, 0.5) is 4.39 Å². The van der Waals surface area contributed by atoms with Gasteiger partial charge < -0.3 is 14.2 Å². The topological polar surface area (TPSA) is 53.8 Å². The Kier molecular flexibility index (Phi) is 4.38. The molecular weight excluding hydrogens is 311 g/mol. The van der Waals surface area contributed by atoms with E-state index in [1.165, 1.54) is 12.1 Å². The highest BCUT2D eigenvalue weighted by Crippen LogP contribution is 2.38. The molecular formula is C18H19FN2O3. The predicted octanol–water partition coefficient (Wildman–Crippen LogP) is 2.60. The Morgan fingerprint density at radius 3 is 2.67 bits per heavy atom. The molecule has 2 atom stereocenters. The van der Waals surface area contributed by atoms with Gasteiger partial charge in [-0.1, -0.05) is 12.1 Å². The van der Waals surface area contributed by atoms with Crippen LogP contribution in [-0.2, 0) is 16.1 Å². The van der Waals surface area contributed by atoms with E-state index in [1.807, 2.05) is 0 Å². The highest BCUT2D eigenvalue weighted by Gasteiger charge is 2.43. The van der Waals surface area contributed by atoms with E-state index in [1.54, 1.807) is 54.4 Å². The zero-order chi connectivity index (χ0) is 17.3. The largest absolute Gasteiger partial charge is 0.467 e. The fourth-order valence-electron chi connectivity index (χ4n) is 3.20. The molecule has 24 heavy (non-hydrogen) atoms. The van der Waals surface area contributed by atoms with E-state index < -0.39 is 5.92 Å². The molecule has 1 fully saturated rings. The second-order valence-electron chi connectivity index (χ2n) is 6.09. The summed E-state index contributed by atoms with van der Waals surface area (Å²) in [7, 11) is 3.37. The minimum atomic E-state index is -0.493. The third-order valence-corrected chi connectivity index (χ3v) is 4.46. The zero-order valence-electron chi connectivity index (χ0n) is 13.6. The van der Waals surface area contributed by atoms with Gasteiger partial charge in [0.2, 0.25) is 11.8 Å². The summed E-state index contributed by atoms with van der Waals surface area (Å²) >= 11 is 0. The van der Waals surface area contributed by atoms with Gasteiger partial charge in [-0.25, -0.2) is 4.39 Å². The molecule has 1 aliphatic heterocycles. The molecule has 1 aromatic heterocycles. The van der Waals surface area contributed by atoms with Crippen molar-refractivity contribution < 1.29 is 18.4 Å². The van der Waals surface area contributed by atoms with Crippen LogP contribution in [0, 0.1) is 11.7 Å². The van der Waals surface area contributed by atoms with E-state index in [0.29, 0.717) is 12.3 Å². The number of hydrogen-bond acceptors (Lipinski definition) is 3. The van der Waals surface area contributed by atoms with Gasteiger partial charge in [-0.15, -0.1) is 0 Å². The summed E-state index contributed by atoms with van der Waals surface area (Å²) in [5.41, 5.74) is 0.759. The maximum atomic E-state index is 13.2. The van der Waals surface area contributed by atoms with E-state index in [-0.39, 0.29) is 30.1 Å². The monoisotopic (exact) mass is 330 g/mol. The molecule has 0 aliphatic carbocycles. The van der Waals surface area contributed by atoms with Gasteiger partial charge in [0.05, 0.1) is 24.8 Å². The second kappa shape index (κ2) is 6.47. The number of rotatable bonds is 4. The van der Waals surface area contributed by atoms with Crippen molar-refractivity contribution in [2.45, 2.75) is 19.0 Å². The van der Waals surface area contributed by atoms with Gasteiger partial charge in [0.25, 0.3) is 0 Å². The molecule has 2 heterocycles. The molecule has 0 spiro atoms. The molecule has 2 amide bonds. The first-order chi connectivity index (χ1) is 11.5. The molecule has 0 bridgehead atoms. The molecule has 6 heteroatoms. The summed E-state index contributed by atoms with van der Waals surface area (Å²) in [6.07, 6.45) is 1.71. The Morgan fingerprint density at radius 1 is 1.33 bits per heavy atom. The lowest BCUT2D eigenvalue weighted by molar-refractivity contribution is -0.136. The highest BCUT2D eigenvalue weighted by molar-refractivity contribution is 5.90. The first kappa shape index (κ1) is 16.2. The summed E-state index contributed by atoms with van der Waals surface area (Å²) in [6, 6.07) is 9.13. The van der Waals surface area contributed by atoms with E-state index in [9.17, 15) is 14.0 Å². The Bertz CT molecular complexity index is 727. The Hall–Kier alpha value is -2.63. The number of benzene rings is 1. The Labute approximate surface area is 139 Å². The number of likely N-dealkylation sites (tertiary alicyclic amines) is 1. The number of furan rings is 1. The summed E-state index contributed by atoms with van der Waals surface area (Å²) in [6.45, 7) is 0.344. The number of amides is 2. The van der Waals surface area contributed by atoms with E-state index in [2.05, 4.69) is 0 Å². The standard InChI is InChI=1S/C18H19FN2O3/c1-20(11-14-4-3-9-24-14)18(23)15-10-16(22)21(2)17(15)12-5-7-13(19)8-6-12/h3-9,15,17H,10-11H2,1-2H3/t15-,17+/m1/s1. The molecule has 3 rings (SSSR count). The van der Waals surface area contributed by atoms with Gasteiger partial charge in [-0.2, -0.15) is 0 Å². The molecule has 5 nitrogen and oxygen atoms in total. The maximum Gasteiger partial charge on any atom is 0.228 e. The summed E-state index contributed by atoms with van der Waals surface area (Å²) in [4.78, 5) is 28.1. The summed E-state index contributed by atoms with van der Waals surface area (Å²) in [5.74, 6) is -0.370. The number of nitrogens with zero attached hydrogens (tertiary/aromatic N) is 2. The van der Waals surface area contributed by atoms with Gasteiger partial charge in [-0.05, 0) is 29.8 Å². The average Bonchev–Trinajstić information content (AvgIpc) is 3.17. The van der Waals surface area contributed by atoms with Gasteiger partial charge in [-0.3, -0.25) is 9.59 Å². The molecule has 0 saturated carbocycles. The maximum absolute atomic E-state index is 13.2. The van der Waals surface area contributed by atoms with Crippen LogP contribution in [0.15, 0.2) is 47.1 Å². The van der Waals surface area contributed by atoms with Gasteiger partial charge in [0.1, 0.15) is 11.6 Å². The number of hydrogen-bond donors (Lipinski definition) is 0. The molecule has 0 unspecified atom stereocenters. The molecule has 1 saturated heterocycles. The summed E-state index contributed by atoms with van der Waals surface area (Å²) in [5, 5.41) is 0. The molecule has 2 aromatic rings. The lowest BCUT2D eigenvalue weighted by Crippen LogP contribution is -2.35. The van der Waals surface area contributed by atoms with Crippen molar-refractivity contribution in [2.24, 2.45) is 5.92 Å². The number of carbonyl (C=O) groups excluding carboxylic acids is 2. The Balaban J connectivity index is 1.82. The normalized spacial score (nSPS) is 20.5. The van der Waals surface area contributed by atoms with Crippen molar-refractivity contribution in [3.05, 3.63) is 59.8 Å². The average molecular weight is 330 g/mol. The van der Waals surface area contributed by atoms with Crippen LogP contribution in [0.1, 0.15) is 23.8 Å². The van der Waals surface area contributed by atoms with Crippen molar-refractivity contribution in [3.63, 3.8) is 0 Å². The molecule has 0 N–H and O–H groups in total. The number of carbonyl (C=O) groups is 2. The molecule has 1 aliphatic rings. The van der Waals surface area contributed by atoms with Crippen LogP contribution >= 0.6 is 0 Å². The van der Waals surface area contributed by atoms with Crippen molar-refractivity contribution in [2.75, 3.05) is 14.1 Å². The fraction of sp³-hybridized carbons (Fsp3) is 0.333. The van der Waals surface area contributed by atoms with Crippen LogP contribution in [0.25, 0.3) is 0 Å². The fourth-order valence-corrected chi connectivity index (χ4v) is 3.20. The third kappa shape index (κ3) is 3.04. The third-order valence-electron chi connectivity index (χ3n) is 4.46. The smallest absolute Gasteiger partial charge is 0.228 e. The van der Waals surface area contributed by atoms with Crippen molar-refractivity contribution >= 4 is 11.8 Å². The minimum absolute atomic E-state index is 0.0888. The Morgan fingerprint density at radius 2 is 2.04 bits per heavy atom. The van der Waals surface area contributed by atoms with E-state index >= 15 is 0 Å². The van der Waals surface area contributed by atoms with Crippen molar-refractivity contribution in [3.8, 4) is 0 Å². The highest BCUT2D eigenvalue weighted by atomic mass is 19.1. The first-order valence-electron chi connectivity index (χ1n) is 7.76. The lowest BCUT2D eigenvalue weighted by Gasteiger charge is -2.27. The predicted molar refractivity (Wildman–Crippen MR) is 85.2 cm³/mol. The van der Waals surface area contributed by atoms with Crippen LogP contribution in [0.2, 0.25) is 0 Å². The van der Waals surface area contributed by atoms with Gasteiger partial charge >= 0.3 is 0 Å². The SMILES string of the molecule is CN(Cc1ccco1)C(=O)[C@@H]1CC(=O)N(C)[C@H]1c1ccc(F)cc1. The van der Waals surface area contributed by atoms with Gasteiger partial charge in [0, 0.05) is 20.5 Å². The van der Waals surface area contributed by atoms with E-state index in [4.69, 9.17) is 4.42 Å². The number of halogens is 1. The molecule has 126 valence electrons. The van der Waals surface area contributed by atoms with E-state index in [0.717, 1.165) is 5.56 Å². The second-order valence-corrected chi connectivity index (χ2v) is 6.09. The lowest BCUT2D eigenvalue weighted by atomic mass is 9.92. The van der Waals surface area contributed by atoms with Crippen molar-refractivity contribution in [1.29, 1.82) is 0 Å². The molecule has 0 radical (unpaired) electrons. The zero-order valence-corrected chi connectivity index (χ0v) is 13.6. The van der Waals surface area contributed by atoms with Crippen LogP contribution in [0.3, 0.4) is 0 Å². The van der Waals surface area contributed by atoms with Crippen LogP contribution in [-0.4, -0.2) is 35.7 Å². The summed E-state index contributed by atoms with van der Waals surface area (Å²) < 4.78 is 18.4. The quantitative estimate of drug-likeness (QED) is 0.866. The van der Waals surface area contributed by atoms with Gasteiger partial charge in [0.15, 0.2) is 0 Å². The minimum Gasteiger partial charge on any atom is -0.467 e. The van der Waals surface area contributed by atoms with Crippen LogP contribution in [0.5, 0.6) is 0 Å². The first-order valence-corrected chi connectivity index (χ1v) is 7.76. The molecule has 1 aromatic carbocycles. The van der Waals surface area contributed by atoms with Crippen molar-refractivity contribution in [1.82, 2.24) is 9.80 Å². The van der Waals surface area contributed by atoms with Crippen LogP contribution < -0.4 is 0 Å².